The third-order valence-electron chi connectivity index (χ3n) is 4.28. The summed E-state index contributed by atoms with van der Waals surface area (Å²) in [5, 5.41) is 23.5. The number of likely N-dealkylation sites (tertiary alicyclic amines) is 1. The van der Waals surface area contributed by atoms with E-state index in [1.165, 1.54) is 6.07 Å². The smallest absolute Gasteiger partial charge is 0.229 e. The van der Waals surface area contributed by atoms with Crippen molar-refractivity contribution >= 4 is 0 Å². The quantitative estimate of drug-likeness (QED) is 0.922. The Hall–Kier alpha value is -2.30. The Balaban J connectivity index is 1.70. The average molecular weight is 330 g/mol. The minimum absolute atomic E-state index is 0.0427. The average Bonchev–Trinajstić information content (AvgIpc) is 2.94. The molecule has 1 aromatic carbocycles. The van der Waals surface area contributed by atoms with Gasteiger partial charge in [0, 0.05) is 18.7 Å². The molecule has 0 radical (unpaired) electrons. The van der Waals surface area contributed by atoms with Crippen molar-refractivity contribution in [3.8, 4) is 6.07 Å². The number of hydrogen-bond donors (Lipinski definition) is 1. The lowest BCUT2D eigenvalue weighted by atomic mass is 9.89. The van der Waals surface area contributed by atoms with Gasteiger partial charge in [0.25, 0.3) is 0 Å². The number of aryl methyl sites for hydroxylation is 1. The van der Waals surface area contributed by atoms with E-state index in [9.17, 15) is 9.50 Å². The Kier molecular flexibility index (Phi) is 4.60. The van der Waals surface area contributed by atoms with E-state index in [-0.39, 0.29) is 12.0 Å². The number of aliphatic hydroxyl groups is 1. The fourth-order valence-corrected chi connectivity index (χ4v) is 3.21. The largest absolute Gasteiger partial charge is 0.388 e. The predicted octanol–water partition coefficient (Wildman–Crippen LogP) is 1.96. The van der Waals surface area contributed by atoms with Crippen LogP contribution in [0, 0.1) is 24.1 Å². The molecule has 6 nitrogen and oxygen atoms in total. The van der Waals surface area contributed by atoms with Crippen LogP contribution in [-0.2, 0) is 13.0 Å². The molecule has 24 heavy (non-hydrogen) atoms. The van der Waals surface area contributed by atoms with Crippen LogP contribution in [-0.4, -0.2) is 38.8 Å². The summed E-state index contributed by atoms with van der Waals surface area (Å²) in [5.74, 6) is 0.466. The fraction of sp³-hybridized carbons (Fsp3) is 0.471. The summed E-state index contributed by atoms with van der Waals surface area (Å²) in [6.45, 7) is 3.24. The van der Waals surface area contributed by atoms with E-state index in [2.05, 4.69) is 10.1 Å². The molecule has 1 unspecified atom stereocenters. The summed E-state index contributed by atoms with van der Waals surface area (Å²) in [6.07, 6.45) is 1.71. The van der Waals surface area contributed by atoms with E-state index in [0.717, 1.165) is 13.0 Å². The van der Waals surface area contributed by atoms with Gasteiger partial charge in [-0.15, -0.1) is 0 Å². The van der Waals surface area contributed by atoms with Gasteiger partial charge in [0.2, 0.25) is 5.89 Å². The van der Waals surface area contributed by atoms with Gasteiger partial charge in [0.15, 0.2) is 5.82 Å². The van der Waals surface area contributed by atoms with Crippen molar-refractivity contribution in [3.63, 3.8) is 0 Å². The lowest BCUT2D eigenvalue weighted by Gasteiger charge is -2.38. The molecular formula is C17H19FN4O2. The highest BCUT2D eigenvalue weighted by Gasteiger charge is 2.35. The molecule has 0 aliphatic carbocycles. The lowest BCUT2D eigenvalue weighted by Crippen LogP contribution is -2.49. The second-order valence-electron chi connectivity index (χ2n) is 6.34. The van der Waals surface area contributed by atoms with Gasteiger partial charge in [-0.25, -0.2) is 4.39 Å². The first-order chi connectivity index (χ1) is 11.5. The van der Waals surface area contributed by atoms with Crippen molar-refractivity contribution in [2.45, 2.75) is 38.3 Å². The molecule has 1 aliphatic rings. The van der Waals surface area contributed by atoms with E-state index < -0.39 is 11.4 Å². The number of nitriles is 1. The molecule has 1 aliphatic heterocycles. The highest BCUT2D eigenvalue weighted by molar-refractivity contribution is 5.34. The predicted molar refractivity (Wildman–Crippen MR) is 83.3 cm³/mol. The molecule has 3 rings (SSSR count). The molecule has 1 atom stereocenters. The van der Waals surface area contributed by atoms with Crippen molar-refractivity contribution in [3.05, 3.63) is 46.9 Å². The zero-order chi connectivity index (χ0) is 17.2. The van der Waals surface area contributed by atoms with Gasteiger partial charge in [-0.05, 0) is 32.4 Å². The normalized spacial score (nSPS) is 21.6. The lowest BCUT2D eigenvalue weighted by molar-refractivity contribution is -0.0376. The molecule has 0 saturated carbocycles. The number of piperidine rings is 1. The molecule has 1 aromatic heterocycles. The van der Waals surface area contributed by atoms with Crippen molar-refractivity contribution in [1.29, 1.82) is 5.26 Å². The number of hydrogen-bond acceptors (Lipinski definition) is 6. The molecule has 0 amide bonds. The third-order valence-corrected chi connectivity index (χ3v) is 4.28. The van der Waals surface area contributed by atoms with E-state index in [1.807, 2.05) is 11.0 Å². The van der Waals surface area contributed by atoms with E-state index in [0.29, 0.717) is 36.8 Å². The van der Waals surface area contributed by atoms with Crippen LogP contribution < -0.4 is 0 Å². The maximum Gasteiger partial charge on any atom is 0.229 e. The van der Waals surface area contributed by atoms with E-state index >= 15 is 0 Å². The number of aromatic nitrogens is 2. The topological polar surface area (TPSA) is 86.2 Å². The second-order valence-corrected chi connectivity index (χ2v) is 6.34. The maximum atomic E-state index is 14.2. The van der Waals surface area contributed by atoms with Gasteiger partial charge in [0.1, 0.15) is 11.9 Å². The monoisotopic (exact) mass is 330 g/mol. The molecule has 1 saturated heterocycles. The van der Waals surface area contributed by atoms with Crippen molar-refractivity contribution in [2.24, 2.45) is 0 Å². The molecule has 1 fully saturated rings. The molecule has 2 heterocycles. The molecular weight excluding hydrogens is 311 g/mol. The van der Waals surface area contributed by atoms with Gasteiger partial charge in [0.05, 0.1) is 17.6 Å². The maximum absolute atomic E-state index is 14.2. The molecule has 0 spiro atoms. The van der Waals surface area contributed by atoms with Crippen LogP contribution in [0.5, 0.6) is 0 Å². The summed E-state index contributed by atoms with van der Waals surface area (Å²) in [6, 6.07) is 6.66. The Labute approximate surface area is 139 Å². The van der Waals surface area contributed by atoms with Gasteiger partial charge in [-0.3, -0.25) is 4.90 Å². The molecule has 2 aromatic rings. The summed E-state index contributed by atoms with van der Waals surface area (Å²) < 4.78 is 19.3. The van der Waals surface area contributed by atoms with Crippen LogP contribution in [0.15, 0.2) is 22.7 Å². The summed E-state index contributed by atoms with van der Waals surface area (Å²) in [4.78, 5) is 6.14. The third kappa shape index (κ3) is 3.61. The highest BCUT2D eigenvalue weighted by Crippen LogP contribution is 2.26. The Bertz CT molecular complexity index is 770. The van der Waals surface area contributed by atoms with Crippen LogP contribution in [0.25, 0.3) is 0 Å². The number of β-amino-alcohol motifs (C(OH)–C–C–N with tert-alkyl or cyclic N) is 1. The Morgan fingerprint density at radius 3 is 3.04 bits per heavy atom. The Morgan fingerprint density at radius 1 is 1.50 bits per heavy atom. The summed E-state index contributed by atoms with van der Waals surface area (Å²) in [5.41, 5.74) is -0.464. The van der Waals surface area contributed by atoms with Gasteiger partial charge >= 0.3 is 0 Å². The van der Waals surface area contributed by atoms with Crippen molar-refractivity contribution in [2.75, 3.05) is 13.1 Å². The second kappa shape index (κ2) is 6.67. The van der Waals surface area contributed by atoms with Gasteiger partial charge in [-0.2, -0.15) is 10.2 Å². The number of rotatable bonds is 4. The molecule has 1 N–H and O–H groups in total. The fourth-order valence-electron chi connectivity index (χ4n) is 3.21. The van der Waals surface area contributed by atoms with Crippen molar-refractivity contribution in [1.82, 2.24) is 15.0 Å². The highest BCUT2D eigenvalue weighted by atomic mass is 19.1. The van der Waals surface area contributed by atoms with Crippen molar-refractivity contribution < 1.29 is 14.0 Å². The molecule has 126 valence electrons. The standard InChI is InChI=1S/C17H19FN4O2/c1-12-20-15(24-21-12)8-17(23)6-3-7-22(11-17)10-14-5-2-4-13(9-19)16(14)18/h2,4-5,23H,3,6-8,10-11H2,1H3. The molecule has 7 heteroatoms. The SMILES string of the molecule is Cc1noc(CC2(O)CCCN(Cc3cccc(C#N)c3F)C2)n1. The first-order valence-corrected chi connectivity index (χ1v) is 7.90. The number of benzene rings is 1. The zero-order valence-electron chi connectivity index (χ0n) is 13.5. The first kappa shape index (κ1) is 16.6. The van der Waals surface area contributed by atoms with Crippen LogP contribution in [0.4, 0.5) is 4.39 Å². The van der Waals surface area contributed by atoms with Gasteiger partial charge in [-0.1, -0.05) is 17.3 Å². The van der Waals surface area contributed by atoms with E-state index in [1.54, 1.807) is 19.1 Å². The minimum Gasteiger partial charge on any atom is -0.388 e. The summed E-state index contributed by atoms with van der Waals surface area (Å²) in [7, 11) is 0. The zero-order valence-corrected chi connectivity index (χ0v) is 13.5. The van der Waals surface area contributed by atoms with Crippen LogP contribution in [0.3, 0.4) is 0 Å². The van der Waals surface area contributed by atoms with E-state index in [4.69, 9.17) is 9.78 Å². The first-order valence-electron chi connectivity index (χ1n) is 7.90. The molecule has 0 bridgehead atoms. The number of halogens is 1. The Morgan fingerprint density at radius 2 is 2.33 bits per heavy atom. The van der Waals surface area contributed by atoms with Gasteiger partial charge < -0.3 is 9.63 Å². The van der Waals surface area contributed by atoms with Crippen LogP contribution >= 0.6 is 0 Å². The van der Waals surface area contributed by atoms with Crippen LogP contribution in [0.2, 0.25) is 0 Å². The summed E-state index contributed by atoms with van der Waals surface area (Å²) >= 11 is 0. The minimum atomic E-state index is -0.972. The number of nitrogens with zero attached hydrogens (tertiary/aromatic N) is 4. The van der Waals surface area contributed by atoms with Crippen LogP contribution in [0.1, 0.15) is 35.7 Å².